The number of rotatable bonds is 2. The predicted molar refractivity (Wildman–Crippen MR) is 49.7 cm³/mol. The third-order valence-electron chi connectivity index (χ3n) is 3.00. The molecule has 2 N–H and O–H groups in total. The first-order chi connectivity index (χ1) is 6.29. The van der Waals surface area contributed by atoms with Crippen molar-refractivity contribution in [1.29, 1.82) is 0 Å². The lowest BCUT2D eigenvalue weighted by Crippen LogP contribution is -2.49. The first kappa shape index (κ1) is 8.97. The zero-order valence-corrected chi connectivity index (χ0v) is 7.91. The average Bonchev–Trinajstić information content (AvgIpc) is 2.74. The van der Waals surface area contributed by atoms with Gasteiger partial charge in [0.25, 0.3) is 0 Å². The Kier molecular flexibility index (Phi) is 2.51. The summed E-state index contributed by atoms with van der Waals surface area (Å²) in [5.74, 6) is -0.163. The van der Waals surface area contributed by atoms with E-state index in [1.807, 2.05) is 0 Å². The van der Waals surface area contributed by atoms with Crippen molar-refractivity contribution in [3.05, 3.63) is 0 Å². The molecule has 0 saturated carbocycles. The molecule has 2 aliphatic heterocycles. The van der Waals surface area contributed by atoms with Crippen LogP contribution in [0.15, 0.2) is 0 Å². The summed E-state index contributed by atoms with van der Waals surface area (Å²) in [6.45, 7) is 3.21. The van der Waals surface area contributed by atoms with Gasteiger partial charge in [0.15, 0.2) is 0 Å². The van der Waals surface area contributed by atoms with Crippen LogP contribution in [0.4, 0.5) is 0 Å². The predicted octanol–water partition coefficient (Wildman–Crippen LogP) is -0.0531. The van der Waals surface area contributed by atoms with Gasteiger partial charge in [0.2, 0.25) is 5.91 Å². The van der Waals surface area contributed by atoms with Gasteiger partial charge in [-0.3, -0.25) is 4.79 Å². The Labute approximate surface area is 78.6 Å². The highest BCUT2D eigenvalue weighted by molar-refractivity contribution is 5.80. The van der Waals surface area contributed by atoms with Crippen molar-refractivity contribution in [2.45, 2.75) is 31.7 Å². The number of hydrazine groups is 1. The number of primary amides is 1. The second-order valence-electron chi connectivity index (χ2n) is 3.88. The van der Waals surface area contributed by atoms with Gasteiger partial charge in [-0.25, -0.2) is 10.0 Å². The van der Waals surface area contributed by atoms with Crippen LogP contribution < -0.4 is 5.73 Å². The van der Waals surface area contributed by atoms with E-state index in [4.69, 9.17) is 5.73 Å². The van der Waals surface area contributed by atoms with E-state index in [1.54, 1.807) is 0 Å². The Bertz CT molecular complexity index is 201. The van der Waals surface area contributed by atoms with Crippen LogP contribution in [0.2, 0.25) is 0 Å². The maximum absolute atomic E-state index is 11.1. The Hall–Kier alpha value is -0.610. The molecule has 1 unspecified atom stereocenters. The zero-order chi connectivity index (χ0) is 9.26. The molecule has 0 aromatic rings. The molecule has 2 rings (SSSR count). The van der Waals surface area contributed by atoms with E-state index in [9.17, 15) is 4.79 Å². The van der Waals surface area contributed by atoms with Crippen LogP contribution >= 0.6 is 0 Å². The summed E-state index contributed by atoms with van der Waals surface area (Å²) in [4.78, 5) is 11.1. The highest BCUT2D eigenvalue weighted by atomic mass is 16.1. The number of hydrogen-bond acceptors (Lipinski definition) is 3. The van der Waals surface area contributed by atoms with Gasteiger partial charge in [0.05, 0.1) is 0 Å². The summed E-state index contributed by atoms with van der Waals surface area (Å²) in [6.07, 6.45) is 4.54. The molecular formula is C9H17N3O. The van der Waals surface area contributed by atoms with Crippen molar-refractivity contribution >= 4 is 5.91 Å². The molecule has 0 spiro atoms. The van der Waals surface area contributed by atoms with Crippen LogP contribution in [-0.4, -0.2) is 41.6 Å². The fraction of sp³-hybridized carbons (Fsp3) is 0.889. The summed E-state index contributed by atoms with van der Waals surface area (Å²) >= 11 is 0. The van der Waals surface area contributed by atoms with Crippen molar-refractivity contribution in [3.8, 4) is 0 Å². The van der Waals surface area contributed by atoms with Crippen LogP contribution in [-0.2, 0) is 4.79 Å². The summed E-state index contributed by atoms with van der Waals surface area (Å²) in [6, 6.07) is -0.0295. The van der Waals surface area contributed by atoms with Gasteiger partial charge < -0.3 is 5.73 Å². The third-order valence-corrected chi connectivity index (χ3v) is 3.00. The molecular weight excluding hydrogens is 166 g/mol. The van der Waals surface area contributed by atoms with E-state index >= 15 is 0 Å². The van der Waals surface area contributed by atoms with Gasteiger partial charge in [-0.1, -0.05) is 0 Å². The third kappa shape index (κ3) is 1.69. The fourth-order valence-electron chi connectivity index (χ4n) is 2.34. The molecule has 2 aliphatic rings. The lowest BCUT2D eigenvalue weighted by Gasteiger charge is -2.31. The second kappa shape index (κ2) is 3.64. The highest BCUT2D eigenvalue weighted by Crippen LogP contribution is 2.22. The van der Waals surface area contributed by atoms with Gasteiger partial charge in [-0.15, -0.1) is 0 Å². The lowest BCUT2D eigenvalue weighted by atomic mass is 10.2. The zero-order valence-electron chi connectivity index (χ0n) is 7.91. The molecule has 2 saturated heterocycles. The molecule has 0 radical (unpaired) electrons. The van der Waals surface area contributed by atoms with Crippen molar-refractivity contribution < 1.29 is 4.79 Å². The average molecular weight is 183 g/mol. The Morgan fingerprint density at radius 3 is 2.46 bits per heavy atom. The first-order valence-electron chi connectivity index (χ1n) is 5.10. The Morgan fingerprint density at radius 2 is 1.85 bits per heavy atom. The normalized spacial score (nSPS) is 31.2. The number of nitrogens with two attached hydrogens (primary N) is 1. The van der Waals surface area contributed by atoms with Gasteiger partial charge in [-0.2, -0.15) is 0 Å². The van der Waals surface area contributed by atoms with E-state index in [2.05, 4.69) is 10.0 Å². The van der Waals surface area contributed by atoms with Crippen molar-refractivity contribution in [2.75, 3.05) is 19.6 Å². The molecule has 0 aromatic heterocycles. The van der Waals surface area contributed by atoms with Crippen molar-refractivity contribution in [2.24, 2.45) is 5.73 Å². The monoisotopic (exact) mass is 183 g/mol. The van der Waals surface area contributed by atoms with Gasteiger partial charge >= 0.3 is 0 Å². The molecule has 0 bridgehead atoms. The number of carbonyl (C=O) groups excluding carboxylic acids is 1. The van der Waals surface area contributed by atoms with E-state index in [-0.39, 0.29) is 11.9 Å². The molecule has 0 aliphatic carbocycles. The summed E-state index contributed by atoms with van der Waals surface area (Å²) < 4.78 is 0. The largest absolute Gasteiger partial charge is 0.368 e. The summed E-state index contributed by atoms with van der Waals surface area (Å²) in [5, 5.41) is 4.47. The van der Waals surface area contributed by atoms with Crippen LogP contribution in [0.1, 0.15) is 25.7 Å². The molecule has 4 heteroatoms. The van der Waals surface area contributed by atoms with Crippen LogP contribution in [0.5, 0.6) is 0 Å². The van der Waals surface area contributed by atoms with Crippen LogP contribution in [0.25, 0.3) is 0 Å². The second-order valence-corrected chi connectivity index (χ2v) is 3.88. The summed E-state index contributed by atoms with van der Waals surface area (Å²) in [7, 11) is 0. The minimum absolute atomic E-state index is 0.0295. The minimum atomic E-state index is -0.163. The highest BCUT2D eigenvalue weighted by Gasteiger charge is 2.33. The molecule has 0 aromatic carbocycles. The Morgan fingerprint density at radius 1 is 1.15 bits per heavy atom. The number of amides is 1. The number of hydrogen-bond donors (Lipinski definition) is 1. The van der Waals surface area contributed by atoms with Crippen LogP contribution in [0, 0.1) is 0 Å². The maximum Gasteiger partial charge on any atom is 0.236 e. The fourth-order valence-corrected chi connectivity index (χ4v) is 2.34. The molecule has 2 heterocycles. The van der Waals surface area contributed by atoms with Crippen molar-refractivity contribution in [1.82, 2.24) is 10.0 Å². The van der Waals surface area contributed by atoms with Gasteiger partial charge in [0.1, 0.15) is 6.04 Å². The van der Waals surface area contributed by atoms with Gasteiger partial charge in [-0.05, 0) is 25.7 Å². The molecule has 2 fully saturated rings. The molecule has 13 heavy (non-hydrogen) atoms. The van der Waals surface area contributed by atoms with Crippen molar-refractivity contribution in [3.63, 3.8) is 0 Å². The molecule has 1 amide bonds. The Balaban J connectivity index is 2.00. The SMILES string of the molecule is NC(=O)C1CCCN1N1CCCC1. The van der Waals surface area contributed by atoms with E-state index in [0.29, 0.717) is 0 Å². The maximum atomic E-state index is 11.1. The molecule has 4 nitrogen and oxygen atoms in total. The minimum Gasteiger partial charge on any atom is -0.368 e. The van der Waals surface area contributed by atoms with E-state index in [0.717, 1.165) is 32.5 Å². The standard InChI is InChI=1S/C9H17N3O/c10-9(13)8-4-3-7-12(8)11-5-1-2-6-11/h8H,1-7H2,(H2,10,13). The number of carbonyl (C=O) groups is 1. The quantitative estimate of drug-likeness (QED) is 0.653. The van der Waals surface area contributed by atoms with E-state index in [1.165, 1.54) is 12.8 Å². The van der Waals surface area contributed by atoms with E-state index < -0.39 is 0 Å². The lowest BCUT2D eigenvalue weighted by molar-refractivity contribution is -0.128. The molecule has 74 valence electrons. The van der Waals surface area contributed by atoms with Crippen LogP contribution in [0.3, 0.4) is 0 Å². The summed E-state index contributed by atoms with van der Waals surface area (Å²) in [5.41, 5.74) is 5.35. The van der Waals surface area contributed by atoms with Gasteiger partial charge in [0, 0.05) is 19.6 Å². The smallest absolute Gasteiger partial charge is 0.236 e. The number of nitrogens with zero attached hydrogens (tertiary/aromatic N) is 2. The molecule has 1 atom stereocenters. The topological polar surface area (TPSA) is 49.6 Å². The first-order valence-corrected chi connectivity index (χ1v) is 5.10.